The Labute approximate surface area is 214 Å². The lowest BCUT2D eigenvalue weighted by Crippen LogP contribution is -2.73. The number of rotatable bonds is 12. The van der Waals surface area contributed by atoms with Gasteiger partial charge in [-0.05, 0) is 20.8 Å². The Balaban J connectivity index is 0. The second kappa shape index (κ2) is 12.6. The molecule has 0 saturated carbocycles. The summed E-state index contributed by atoms with van der Waals surface area (Å²) in [6.45, 7) is 0.326. The number of esters is 1. The van der Waals surface area contributed by atoms with Crippen LogP contribution in [0.3, 0.4) is 0 Å². The summed E-state index contributed by atoms with van der Waals surface area (Å²) in [5, 5.41) is -5.99. The summed E-state index contributed by atoms with van der Waals surface area (Å²) in [5.41, 5.74) is -1.30. The molecule has 1 unspecified atom stereocenters. The van der Waals surface area contributed by atoms with Crippen molar-refractivity contribution in [3.63, 3.8) is 0 Å². The molecule has 0 aromatic rings. The van der Waals surface area contributed by atoms with Gasteiger partial charge < -0.3 is 4.74 Å². The van der Waals surface area contributed by atoms with Gasteiger partial charge in [0.2, 0.25) is 15.3 Å². The molecule has 23 heteroatoms. The van der Waals surface area contributed by atoms with Crippen molar-refractivity contribution >= 4 is 16.0 Å². The highest BCUT2D eigenvalue weighted by atomic mass is 32.2. The molecule has 0 aliphatic rings. The van der Waals surface area contributed by atoms with Crippen molar-refractivity contribution in [2.75, 3.05) is 19.7 Å². The number of hydrogen-bond acceptors (Lipinski definition) is 4. The van der Waals surface area contributed by atoms with Gasteiger partial charge in [-0.3, -0.25) is 4.79 Å². The molecule has 0 aromatic heterocycles. The predicted molar refractivity (Wildman–Crippen MR) is 99.4 cm³/mol. The third-order valence-electron chi connectivity index (χ3n) is 4.72. The number of sulfonamides is 1. The maximum Gasteiger partial charge on any atom is 0.413 e. The molecular weight excluding hydrogens is 637 g/mol. The van der Waals surface area contributed by atoms with Crippen molar-refractivity contribution in [3.8, 4) is 0 Å². The summed E-state index contributed by atoms with van der Waals surface area (Å²) in [5.74, 6) is -41.3. The van der Waals surface area contributed by atoms with Gasteiger partial charge in [0.05, 0.1) is 5.41 Å². The number of carbonyl (C=O) groups is 1. The first kappa shape index (κ1) is 40.3. The van der Waals surface area contributed by atoms with Crippen molar-refractivity contribution in [1.29, 1.82) is 0 Å². The zero-order valence-electron chi connectivity index (χ0n) is 20.2. The molecule has 0 radical (unpaired) electrons. The Morgan fingerprint density at radius 1 is 0.750 bits per heavy atom. The number of carbonyl (C=O) groups excluding carboxylic acids is 1. The molecule has 0 heterocycles. The highest BCUT2D eigenvalue weighted by Crippen LogP contribution is 2.60. The standard InChI is InChI=1S/C17H20F15NO4S.F2/c1-5-33(6-7-37-10(34)11(2,3)4)38(35,36)8(14(24,25)26)12(20,21)15(27,28)17(31,32)16(29,30)13(22,23)9(18)19;1-2/h8-9H,5-7H2,1-4H3;. The van der Waals surface area contributed by atoms with Crippen LogP contribution in [0.15, 0.2) is 0 Å². The minimum absolute atomic E-state index is 0.610. The molecule has 5 nitrogen and oxygen atoms in total. The molecule has 0 fully saturated rings. The smallest absolute Gasteiger partial charge is 0.413 e. The zero-order chi connectivity index (χ0) is 33.1. The minimum atomic E-state index is -8.37. The quantitative estimate of drug-likeness (QED) is 0.179. The first-order valence-electron chi connectivity index (χ1n) is 9.94. The van der Waals surface area contributed by atoms with E-state index in [1.54, 1.807) is 0 Å². The van der Waals surface area contributed by atoms with Gasteiger partial charge in [0.1, 0.15) is 6.61 Å². The molecule has 0 aromatic carbocycles. The molecular formula is C17H20F17NO4S. The maximum absolute atomic E-state index is 14.4. The number of nitrogens with zero attached hydrogens (tertiary/aromatic N) is 1. The Morgan fingerprint density at radius 3 is 1.43 bits per heavy atom. The molecule has 40 heavy (non-hydrogen) atoms. The summed E-state index contributed by atoms with van der Waals surface area (Å²) in [4.78, 5) is 11.6. The van der Waals surface area contributed by atoms with Crippen LogP contribution in [0.25, 0.3) is 0 Å². The van der Waals surface area contributed by atoms with E-state index in [9.17, 15) is 79.1 Å². The molecule has 0 rings (SSSR count). The van der Waals surface area contributed by atoms with Crippen molar-refractivity contribution < 1.29 is 93.0 Å². The van der Waals surface area contributed by atoms with E-state index in [-0.39, 0.29) is 0 Å². The van der Waals surface area contributed by atoms with Crippen molar-refractivity contribution in [2.45, 2.75) is 75.2 Å². The fourth-order valence-corrected chi connectivity index (χ4v) is 4.40. The number of likely N-dealkylation sites (N-methyl/N-ethyl adjacent to an activating group) is 1. The third kappa shape index (κ3) is 7.33. The summed E-state index contributed by atoms with van der Waals surface area (Å²) in [6.07, 6.45) is -13.1. The van der Waals surface area contributed by atoms with Crippen LogP contribution in [0.4, 0.5) is 75.0 Å². The first-order chi connectivity index (χ1) is 17.4. The van der Waals surface area contributed by atoms with E-state index in [1.807, 2.05) is 0 Å². The minimum Gasteiger partial charge on any atom is -0.464 e. The van der Waals surface area contributed by atoms with Gasteiger partial charge in [-0.15, -0.1) is 0 Å². The van der Waals surface area contributed by atoms with Crippen LogP contribution in [0.1, 0.15) is 27.7 Å². The lowest BCUT2D eigenvalue weighted by atomic mass is 9.92. The van der Waals surface area contributed by atoms with Gasteiger partial charge in [0, 0.05) is 22.2 Å². The van der Waals surface area contributed by atoms with Gasteiger partial charge in [-0.2, -0.15) is 61.4 Å². The monoisotopic (exact) mass is 657 g/mol. The van der Waals surface area contributed by atoms with Gasteiger partial charge in [-0.25, -0.2) is 17.2 Å². The number of ether oxygens (including phenoxy) is 1. The van der Waals surface area contributed by atoms with Gasteiger partial charge >= 0.3 is 48.2 Å². The normalized spacial score (nSPS) is 15.6. The van der Waals surface area contributed by atoms with E-state index in [0.29, 0.717) is 6.92 Å². The Morgan fingerprint density at radius 2 is 1.12 bits per heavy atom. The Kier molecular flexibility index (Phi) is 12.7. The second-order valence-corrected chi connectivity index (χ2v) is 10.6. The van der Waals surface area contributed by atoms with E-state index in [2.05, 4.69) is 4.74 Å². The molecule has 242 valence electrons. The van der Waals surface area contributed by atoms with Crippen LogP contribution in [0.2, 0.25) is 0 Å². The summed E-state index contributed by atoms with van der Waals surface area (Å²) >= 11 is 0. The summed E-state index contributed by atoms with van der Waals surface area (Å²) in [6, 6.07) is 0. The van der Waals surface area contributed by atoms with E-state index >= 15 is 0 Å². The van der Waals surface area contributed by atoms with Crippen molar-refractivity contribution in [1.82, 2.24) is 4.31 Å². The molecule has 0 N–H and O–H groups in total. The highest BCUT2D eigenvalue weighted by molar-refractivity contribution is 7.89. The number of halogens is 17. The fraction of sp³-hybridized carbons (Fsp3) is 0.941. The predicted octanol–water partition coefficient (Wildman–Crippen LogP) is 6.44. The molecule has 1 atom stereocenters. The van der Waals surface area contributed by atoms with Crippen LogP contribution < -0.4 is 0 Å². The van der Waals surface area contributed by atoms with Gasteiger partial charge in [0.15, 0.2) is 0 Å². The third-order valence-corrected chi connectivity index (χ3v) is 7.04. The van der Waals surface area contributed by atoms with Gasteiger partial charge in [0.25, 0.3) is 0 Å². The number of hydrogen-bond donors (Lipinski definition) is 0. The summed E-state index contributed by atoms with van der Waals surface area (Å²) < 4.78 is 246. The average molecular weight is 657 g/mol. The molecule has 0 bridgehead atoms. The van der Waals surface area contributed by atoms with E-state index in [4.69, 9.17) is 9.15 Å². The largest absolute Gasteiger partial charge is 0.464 e. The Bertz CT molecular complexity index is 945. The number of alkyl halides is 15. The fourth-order valence-electron chi connectivity index (χ4n) is 2.55. The first-order valence-corrected chi connectivity index (χ1v) is 11.4. The van der Waals surface area contributed by atoms with Crippen LogP contribution in [-0.4, -0.2) is 85.9 Å². The maximum atomic E-state index is 14.4. The molecule has 0 spiro atoms. The molecule has 0 saturated heterocycles. The van der Waals surface area contributed by atoms with Crippen LogP contribution >= 0.6 is 0 Å². The molecule has 0 aliphatic heterocycles. The van der Waals surface area contributed by atoms with Crippen LogP contribution in [0.5, 0.6) is 0 Å². The SMILES string of the molecule is CCN(CCOC(=O)C(C)(C)C)S(=O)(=O)C(C(F)(F)F)C(F)(F)C(F)(F)C(F)(F)C(F)(F)C(F)(F)C(F)F.FF. The molecule has 0 amide bonds. The lowest BCUT2D eigenvalue weighted by Gasteiger charge is -2.42. The molecule has 0 aliphatic carbocycles. The van der Waals surface area contributed by atoms with E-state index < -0.39 is 92.9 Å². The average Bonchev–Trinajstić information content (AvgIpc) is 2.74. The van der Waals surface area contributed by atoms with Crippen molar-refractivity contribution in [2.24, 2.45) is 5.41 Å². The zero-order valence-corrected chi connectivity index (χ0v) is 21.0. The highest BCUT2D eigenvalue weighted by Gasteiger charge is 2.90. The Hall–Kier alpha value is -1.81. The van der Waals surface area contributed by atoms with Gasteiger partial charge in [-0.1, -0.05) is 6.92 Å². The van der Waals surface area contributed by atoms with E-state index in [1.165, 1.54) is 20.8 Å². The van der Waals surface area contributed by atoms with Crippen LogP contribution in [-0.2, 0) is 19.6 Å². The van der Waals surface area contributed by atoms with Crippen molar-refractivity contribution in [3.05, 3.63) is 0 Å². The topological polar surface area (TPSA) is 63.7 Å². The lowest BCUT2D eigenvalue weighted by molar-refractivity contribution is -0.417. The summed E-state index contributed by atoms with van der Waals surface area (Å²) in [7, 11) is -7.03. The van der Waals surface area contributed by atoms with E-state index in [0.717, 1.165) is 0 Å². The second-order valence-electron chi connectivity index (χ2n) is 8.61. The van der Waals surface area contributed by atoms with Crippen LogP contribution in [0, 0.1) is 5.41 Å².